The fraction of sp³-hybridized carbons (Fsp3) is 0.0526. The molecule has 7 nitrogen and oxygen atoms in total. The highest BCUT2D eigenvalue weighted by atomic mass is 79.9. The normalized spacial score (nSPS) is 10.8. The molecule has 2 aromatic carbocycles. The molecule has 28 heavy (non-hydrogen) atoms. The molecule has 0 radical (unpaired) electrons. The summed E-state index contributed by atoms with van der Waals surface area (Å²) in [6.07, 6.45) is 2.80. The van der Waals surface area contributed by atoms with E-state index < -0.39 is 4.92 Å². The average Bonchev–Trinajstić information content (AvgIpc) is 2.69. The summed E-state index contributed by atoms with van der Waals surface area (Å²) in [7, 11) is 0. The van der Waals surface area contributed by atoms with Crippen LogP contribution < -0.4 is 10.2 Å². The summed E-state index contributed by atoms with van der Waals surface area (Å²) in [6, 6.07) is 16.3. The Kier molecular flexibility index (Phi) is 6.72. The fourth-order valence-electron chi connectivity index (χ4n) is 2.18. The Morgan fingerprint density at radius 1 is 1.14 bits per heavy atom. The lowest BCUT2D eigenvalue weighted by molar-refractivity contribution is -0.385. The molecule has 0 aliphatic rings. The molecule has 0 aliphatic heterocycles. The van der Waals surface area contributed by atoms with E-state index in [9.17, 15) is 10.1 Å². The quantitative estimate of drug-likeness (QED) is 0.258. The molecule has 0 amide bonds. The molecule has 9 heteroatoms. The molecule has 1 heterocycles. The van der Waals surface area contributed by atoms with Crippen molar-refractivity contribution in [3.63, 3.8) is 0 Å². The molecule has 0 fully saturated rings. The molecular formula is C19H14Br2N4O3. The average molecular weight is 506 g/mol. The van der Waals surface area contributed by atoms with E-state index in [4.69, 9.17) is 4.74 Å². The SMILES string of the molecule is O=[N+]([O-])c1ccc(N/N=C/c2ccc(OCc3ccc(Br)cc3Br)cc2)nc1. The number of nitro groups is 1. The van der Waals surface area contributed by atoms with E-state index >= 15 is 0 Å². The summed E-state index contributed by atoms with van der Waals surface area (Å²) in [4.78, 5) is 14.0. The molecule has 0 bridgehead atoms. The highest BCUT2D eigenvalue weighted by molar-refractivity contribution is 9.11. The number of nitrogens with zero attached hydrogens (tertiary/aromatic N) is 3. The van der Waals surface area contributed by atoms with Gasteiger partial charge in [-0.2, -0.15) is 5.10 Å². The maximum Gasteiger partial charge on any atom is 0.287 e. The van der Waals surface area contributed by atoms with E-state index in [-0.39, 0.29) is 5.69 Å². The molecule has 1 aromatic heterocycles. The number of hydrazone groups is 1. The Labute approximate surface area is 177 Å². The molecule has 0 spiro atoms. The molecule has 0 saturated carbocycles. The van der Waals surface area contributed by atoms with Crippen LogP contribution >= 0.6 is 31.9 Å². The van der Waals surface area contributed by atoms with Crippen molar-refractivity contribution >= 4 is 49.6 Å². The summed E-state index contributed by atoms with van der Waals surface area (Å²) in [6.45, 7) is 0.453. The van der Waals surface area contributed by atoms with Crippen molar-refractivity contribution in [1.82, 2.24) is 4.98 Å². The Bertz CT molecular complexity index is 993. The van der Waals surface area contributed by atoms with Gasteiger partial charge in [0.2, 0.25) is 0 Å². The maximum atomic E-state index is 10.6. The van der Waals surface area contributed by atoms with Gasteiger partial charge in [-0.15, -0.1) is 0 Å². The van der Waals surface area contributed by atoms with E-state index in [1.807, 2.05) is 42.5 Å². The first kappa shape index (κ1) is 20.0. The molecule has 0 atom stereocenters. The van der Waals surface area contributed by atoms with Crippen LogP contribution in [0, 0.1) is 10.1 Å². The second kappa shape index (κ2) is 9.43. The van der Waals surface area contributed by atoms with Gasteiger partial charge >= 0.3 is 0 Å². The number of benzene rings is 2. The van der Waals surface area contributed by atoms with E-state index in [1.54, 1.807) is 6.21 Å². The number of nitrogens with one attached hydrogen (secondary N) is 1. The first-order valence-electron chi connectivity index (χ1n) is 8.07. The minimum Gasteiger partial charge on any atom is -0.489 e. The van der Waals surface area contributed by atoms with Gasteiger partial charge in [0.15, 0.2) is 0 Å². The Morgan fingerprint density at radius 3 is 2.57 bits per heavy atom. The molecule has 0 saturated heterocycles. The summed E-state index contributed by atoms with van der Waals surface area (Å²) < 4.78 is 7.79. The van der Waals surface area contributed by atoms with Crippen molar-refractivity contribution in [2.45, 2.75) is 6.61 Å². The first-order chi connectivity index (χ1) is 13.5. The third-order valence-electron chi connectivity index (χ3n) is 3.64. The molecule has 3 aromatic rings. The number of halogens is 2. The number of anilines is 1. The molecular weight excluding hydrogens is 492 g/mol. The molecule has 1 N–H and O–H groups in total. The van der Waals surface area contributed by atoms with Gasteiger partial charge in [0.1, 0.15) is 24.4 Å². The van der Waals surface area contributed by atoms with Crippen LogP contribution in [0.3, 0.4) is 0 Å². The number of hydrogen-bond acceptors (Lipinski definition) is 6. The molecule has 142 valence electrons. The Morgan fingerprint density at radius 2 is 1.93 bits per heavy atom. The summed E-state index contributed by atoms with van der Waals surface area (Å²) in [5.74, 6) is 1.17. The molecule has 3 rings (SSSR count). The van der Waals surface area contributed by atoms with Crippen molar-refractivity contribution in [3.05, 3.63) is 91.0 Å². The zero-order chi connectivity index (χ0) is 19.9. The second-order valence-electron chi connectivity index (χ2n) is 5.62. The zero-order valence-electron chi connectivity index (χ0n) is 14.4. The van der Waals surface area contributed by atoms with Crippen LogP contribution in [0.5, 0.6) is 5.75 Å². The Hall–Kier alpha value is -2.78. The standard InChI is InChI=1S/C19H14Br2N4O3/c20-15-4-3-14(18(21)9-15)12-28-17-6-1-13(2-7-17)10-23-24-19-8-5-16(11-22-19)25(26)27/h1-11H,12H2,(H,22,24)/b23-10+. The lowest BCUT2D eigenvalue weighted by Crippen LogP contribution is -1.97. The van der Waals surface area contributed by atoms with Gasteiger partial charge in [-0.3, -0.25) is 15.5 Å². The predicted octanol–water partition coefficient (Wildman–Crippen LogP) is 5.54. The van der Waals surface area contributed by atoms with Crippen LogP contribution in [0.15, 0.2) is 74.8 Å². The van der Waals surface area contributed by atoms with Crippen LogP contribution in [0.2, 0.25) is 0 Å². The monoisotopic (exact) mass is 504 g/mol. The van der Waals surface area contributed by atoms with Gasteiger partial charge < -0.3 is 4.74 Å². The van der Waals surface area contributed by atoms with E-state index in [2.05, 4.69) is 47.4 Å². The van der Waals surface area contributed by atoms with Gasteiger partial charge in [0, 0.05) is 20.6 Å². The second-order valence-corrected chi connectivity index (χ2v) is 7.39. The smallest absolute Gasteiger partial charge is 0.287 e. The highest BCUT2D eigenvalue weighted by Crippen LogP contribution is 2.23. The highest BCUT2D eigenvalue weighted by Gasteiger charge is 2.04. The van der Waals surface area contributed by atoms with Gasteiger partial charge in [0.05, 0.1) is 11.1 Å². The molecule has 0 unspecified atom stereocenters. The van der Waals surface area contributed by atoms with Gasteiger partial charge in [-0.25, -0.2) is 4.98 Å². The van der Waals surface area contributed by atoms with Crippen LogP contribution in [0.25, 0.3) is 0 Å². The lowest BCUT2D eigenvalue weighted by atomic mass is 10.2. The van der Waals surface area contributed by atoms with E-state index in [1.165, 1.54) is 18.3 Å². The van der Waals surface area contributed by atoms with Crippen molar-refractivity contribution < 1.29 is 9.66 Å². The first-order valence-corrected chi connectivity index (χ1v) is 9.66. The number of hydrogen-bond donors (Lipinski definition) is 1. The summed E-state index contributed by atoms with van der Waals surface area (Å²) in [5, 5.41) is 14.7. The lowest BCUT2D eigenvalue weighted by Gasteiger charge is -2.08. The van der Waals surface area contributed by atoms with Gasteiger partial charge in [-0.05, 0) is 48.0 Å². The number of ether oxygens (including phenoxy) is 1. The van der Waals surface area contributed by atoms with Crippen molar-refractivity contribution in [3.8, 4) is 5.75 Å². The third kappa shape index (κ3) is 5.61. The number of rotatable bonds is 7. The van der Waals surface area contributed by atoms with E-state index in [0.29, 0.717) is 12.4 Å². The Balaban J connectivity index is 1.53. The largest absolute Gasteiger partial charge is 0.489 e. The van der Waals surface area contributed by atoms with Gasteiger partial charge in [-0.1, -0.05) is 37.9 Å². The summed E-state index contributed by atoms with van der Waals surface area (Å²) in [5.41, 5.74) is 4.57. The number of pyridine rings is 1. The van der Waals surface area contributed by atoms with Crippen LogP contribution in [-0.4, -0.2) is 16.1 Å². The maximum absolute atomic E-state index is 10.6. The van der Waals surface area contributed by atoms with Crippen LogP contribution in [0.1, 0.15) is 11.1 Å². The zero-order valence-corrected chi connectivity index (χ0v) is 17.6. The van der Waals surface area contributed by atoms with Crippen molar-refractivity contribution in [2.75, 3.05) is 5.43 Å². The topological polar surface area (TPSA) is 89.7 Å². The van der Waals surface area contributed by atoms with Crippen LogP contribution in [0.4, 0.5) is 11.5 Å². The third-order valence-corrected chi connectivity index (χ3v) is 4.87. The number of aromatic nitrogens is 1. The van der Waals surface area contributed by atoms with Crippen molar-refractivity contribution in [2.24, 2.45) is 5.10 Å². The minimum atomic E-state index is -0.501. The van der Waals surface area contributed by atoms with E-state index in [0.717, 1.165) is 25.8 Å². The predicted molar refractivity (Wildman–Crippen MR) is 115 cm³/mol. The van der Waals surface area contributed by atoms with Crippen molar-refractivity contribution in [1.29, 1.82) is 0 Å². The van der Waals surface area contributed by atoms with Crippen LogP contribution in [-0.2, 0) is 6.61 Å². The van der Waals surface area contributed by atoms with Gasteiger partial charge in [0.25, 0.3) is 5.69 Å². The minimum absolute atomic E-state index is 0.0692. The molecule has 0 aliphatic carbocycles. The summed E-state index contributed by atoms with van der Waals surface area (Å²) >= 11 is 6.94. The fourth-order valence-corrected chi connectivity index (χ4v) is 3.34.